The van der Waals surface area contributed by atoms with Gasteiger partial charge in [0.05, 0.1) is 23.2 Å². The molecule has 1 aromatic carbocycles. The number of methoxy groups -OCH3 is 1. The molecule has 0 bridgehead atoms. The summed E-state index contributed by atoms with van der Waals surface area (Å²) in [5.41, 5.74) is 0.756. The summed E-state index contributed by atoms with van der Waals surface area (Å²) in [6.07, 6.45) is 0.170. The summed E-state index contributed by atoms with van der Waals surface area (Å²) in [7, 11) is 1.33. The number of halogens is 1. The van der Waals surface area contributed by atoms with E-state index in [9.17, 15) is 9.59 Å². The van der Waals surface area contributed by atoms with Crippen LogP contribution in [0.4, 0.5) is 5.13 Å². The molecule has 0 saturated carbocycles. The van der Waals surface area contributed by atoms with Gasteiger partial charge in [-0.3, -0.25) is 14.5 Å². The molecule has 0 N–H and O–H groups in total. The fourth-order valence-electron chi connectivity index (χ4n) is 2.22. The van der Waals surface area contributed by atoms with E-state index in [2.05, 4.69) is 9.72 Å². The fourth-order valence-corrected chi connectivity index (χ4v) is 3.36. The van der Waals surface area contributed by atoms with Gasteiger partial charge in [0.15, 0.2) is 5.13 Å². The molecule has 7 heteroatoms. The van der Waals surface area contributed by atoms with Crippen molar-refractivity contribution < 1.29 is 14.3 Å². The number of ether oxygens (including phenoxy) is 1. The van der Waals surface area contributed by atoms with Gasteiger partial charge in [-0.05, 0) is 18.2 Å². The summed E-state index contributed by atoms with van der Waals surface area (Å²) in [6, 6.07) is 5.42. The SMILES string of the molecule is COC(=O)C1CC(=O)N(c2nc3cc(Cl)ccc3s2)C1. The van der Waals surface area contributed by atoms with Gasteiger partial charge in [0.1, 0.15) is 0 Å². The minimum atomic E-state index is -0.414. The summed E-state index contributed by atoms with van der Waals surface area (Å²) >= 11 is 7.33. The summed E-state index contributed by atoms with van der Waals surface area (Å²) in [6.45, 7) is 0.319. The molecule has 0 spiro atoms. The number of aromatic nitrogens is 1. The van der Waals surface area contributed by atoms with Crippen molar-refractivity contribution >= 4 is 50.2 Å². The number of hydrogen-bond donors (Lipinski definition) is 0. The fraction of sp³-hybridized carbons (Fsp3) is 0.308. The first kappa shape index (κ1) is 13.3. The Hall–Kier alpha value is -1.66. The molecule has 1 atom stereocenters. The van der Waals surface area contributed by atoms with Crippen LogP contribution < -0.4 is 4.90 Å². The molecular formula is C13H11ClN2O3S. The third-order valence-corrected chi connectivity index (χ3v) is 4.52. The highest BCUT2D eigenvalue weighted by atomic mass is 35.5. The number of anilines is 1. The molecule has 1 aliphatic rings. The number of rotatable bonds is 2. The van der Waals surface area contributed by atoms with Crippen molar-refractivity contribution in [2.75, 3.05) is 18.6 Å². The maximum atomic E-state index is 12.0. The Morgan fingerprint density at radius 2 is 2.35 bits per heavy atom. The van der Waals surface area contributed by atoms with Crippen LogP contribution in [-0.2, 0) is 14.3 Å². The van der Waals surface area contributed by atoms with Gasteiger partial charge >= 0.3 is 5.97 Å². The lowest BCUT2D eigenvalue weighted by Gasteiger charge is -2.11. The van der Waals surface area contributed by atoms with Gasteiger partial charge in [-0.2, -0.15) is 0 Å². The van der Waals surface area contributed by atoms with Crippen molar-refractivity contribution in [3.63, 3.8) is 0 Å². The minimum absolute atomic E-state index is 0.106. The smallest absolute Gasteiger partial charge is 0.311 e. The Morgan fingerprint density at radius 1 is 1.55 bits per heavy atom. The first-order chi connectivity index (χ1) is 9.58. The van der Waals surface area contributed by atoms with Crippen molar-refractivity contribution in [1.29, 1.82) is 0 Å². The van der Waals surface area contributed by atoms with E-state index in [1.807, 2.05) is 6.07 Å². The largest absolute Gasteiger partial charge is 0.469 e. The molecule has 1 saturated heterocycles. The van der Waals surface area contributed by atoms with Crippen molar-refractivity contribution in [3.05, 3.63) is 23.2 Å². The molecule has 3 rings (SSSR count). The number of carbonyl (C=O) groups excluding carboxylic acids is 2. The standard InChI is InChI=1S/C13H11ClN2O3S/c1-19-12(18)7-4-11(17)16(6-7)13-15-9-5-8(14)2-3-10(9)20-13/h2-3,5,7H,4,6H2,1H3. The van der Waals surface area contributed by atoms with E-state index in [-0.39, 0.29) is 18.3 Å². The average Bonchev–Trinajstić information content (AvgIpc) is 3.00. The van der Waals surface area contributed by atoms with E-state index in [0.717, 1.165) is 10.2 Å². The van der Waals surface area contributed by atoms with Crippen molar-refractivity contribution in [1.82, 2.24) is 4.98 Å². The third kappa shape index (κ3) is 2.25. The lowest BCUT2D eigenvalue weighted by Crippen LogP contribution is -2.25. The minimum Gasteiger partial charge on any atom is -0.469 e. The molecule has 1 amide bonds. The van der Waals surface area contributed by atoms with E-state index >= 15 is 0 Å². The molecule has 1 aliphatic heterocycles. The number of amides is 1. The number of carbonyl (C=O) groups is 2. The van der Waals surface area contributed by atoms with E-state index in [0.29, 0.717) is 16.7 Å². The normalized spacial score (nSPS) is 18.8. The summed E-state index contributed by atoms with van der Waals surface area (Å²) in [4.78, 5) is 29.5. The summed E-state index contributed by atoms with van der Waals surface area (Å²) < 4.78 is 5.65. The molecule has 2 aromatic rings. The zero-order valence-corrected chi connectivity index (χ0v) is 12.2. The Bertz CT molecular complexity index is 700. The number of benzene rings is 1. The number of thiazole rings is 1. The zero-order chi connectivity index (χ0) is 14.3. The van der Waals surface area contributed by atoms with E-state index in [4.69, 9.17) is 11.6 Å². The topological polar surface area (TPSA) is 59.5 Å². The first-order valence-corrected chi connectivity index (χ1v) is 7.22. The number of fused-ring (bicyclic) bond motifs is 1. The van der Waals surface area contributed by atoms with Crippen molar-refractivity contribution in [3.8, 4) is 0 Å². The Labute approximate surface area is 124 Å². The number of nitrogens with zero attached hydrogens (tertiary/aromatic N) is 2. The highest BCUT2D eigenvalue weighted by Crippen LogP contribution is 2.33. The van der Waals surface area contributed by atoms with Gasteiger partial charge in [-0.25, -0.2) is 4.98 Å². The molecule has 1 unspecified atom stereocenters. The maximum absolute atomic E-state index is 12.0. The van der Waals surface area contributed by atoms with Crippen LogP contribution in [0.15, 0.2) is 18.2 Å². The number of hydrogen-bond acceptors (Lipinski definition) is 5. The molecule has 20 heavy (non-hydrogen) atoms. The predicted molar refractivity (Wildman–Crippen MR) is 77.1 cm³/mol. The van der Waals surface area contributed by atoms with Crippen LogP contribution in [0, 0.1) is 5.92 Å². The van der Waals surface area contributed by atoms with Crippen LogP contribution >= 0.6 is 22.9 Å². The van der Waals surface area contributed by atoms with Crippen LogP contribution in [0.3, 0.4) is 0 Å². The monoisotopic (exact) mass is 310 g/mol. The van der Waals surface area contributed by atoms with Crippen molar-refractivity contribution in [2.24, 2.45) is 5.92 Å². The Balaban J connectivity index is 1.91. The van der Waals surface area contributed by atoms with Crippen LogP contribution in [0.2, 0.25) is 5.02 Å². The first-order valence-electron chi connectivity index (χ1n) is 6.03. The van der Waals surface area contributed by atoms with Gasteiger partial charge < -0.3 is 4.74 Å². The second-order valence-corrected chi connectivity index (χ2v) is 5.98. The van der Waals surface area contributed by atoms with Crippen molar-refractivity contribution in [2.45, 2.75) is 6.42 Å². The molecular weight excluding hydrogens is 300 g/mol. The Morgan fingerprint density at radius 3 is 3.10 bits per heavy atom. The van der Waals surface area contributed by atoms with Crippen LogP contribution in [0.25, 0.3) is 10.2 Å². The second-order valence-electron chi connectivity index (χ2n) is 4.54. The highest BCUT2D eigenvalue weighted by Gasteiger charge is 2.37. The van der Waals surface area contributed by atoms with Crippen LogP contribution in [-0.4, -0.2) is 30.5 Å². The van der Waals surface area contributed by atoms with Gasteiger partial charge in [-0.15, -0.1) is 0 Å². The van der Waals surface area contributed by atoms with Gasteiger partial charge in [0.2, 0.25) is 5.91 Å². The Kier molecular flexibility index (Phi) is 3.35. The van der Waals surface area contributed by atoms with Crippen LogP contribution in [0.5, 0.6) is 0 Å². The van der Waals surface area contributed by atoms with E-state index < -0.39 is 5.92 Å². The van der Waals surface area contributed by atoms with E-state index in [1.54, 1.807) is 17.0 Å². The predicted octanol–water partition coefficient (Wildman–Crippen LogP) is 2.48. The molecule has 104 valence electrons. The molecule has 2 heterocycles. The van der Waals surface area contributed by atoms with Gasteiger partial charge in [-0.1, -0.05) is 22.9 Å². The average molecular weight is 311 g/mol. The van der Waals surface area contributed by atoms with Gasteiger partial charge in [0.25, 0.3) is 0 Å². The second kappa shape index (κ2) is 5.03. The summed E-state index contributed by atoms with van der Waals surface area (Å²) in [5.74, 6) is -0.876. The van der Waals surface area contributed by atoms with Gasteiger partial charge in [0, 0.05) is 18.0 Å². The van der Waals surface area contributed by atoms with Crippen LogP contribution in [0.1, 0.15) is 6.42 Å². The lowest BCUT2D eigenvalue weighted by atomic mass is 10.1. The highest BCUT2D eigenvalue weighted by molar-refractivity contribution is 7.22. The molecule has 5 nitrogen and oxygen atoms in total. The lowest BCUT2D eigenvalue weighted by molar-refractivity contribution is -0.145. The summed E-state index contributed by atoms with van der Waals surface area (Å²) in [5, 5.41) is 1.20. The maximum Gasteiger partial charge on any atom is 0.311 e. The zero-order valence-electron chi connectivity index (χ0n) is 10.6. The molecule has 1 fully saturated rings. The quantitative estimate of drug-likeness (QED) is 0.800. The third-order valence-electron chi connectivity index (χ3n) is 3.23. The number of esters is 1. The molecule has 0 aliphatic carbocycles. The molecule has 1 aromatic heterocycles. The molecule has 0 radical (unpaired) electrons. The van der Waals surface area contributed by atoms with E-state index in [1.165, 1.54) is 18.4 Å².